The number of aryl methyl sites for hydroxylation is 1. The van der Waals surface area contributed by atoms with Crippen LogP contribution in [-0.4, -0.2) is 36.4 Å². The predicted molar refractivity (Wildman–Crippen MR) is 108 cm³/mol. The van der Waals surface area contributed by atoms with Crippen LogP contribution in [0.25, 0.3) is 10.2 Å². The Bertz CT molecular complexity index is 1090. The van der Waals surface area contributed by atoms with Crippen molar-refractivity contribution in [1.82, 2.24) is 4.57 Å². The van der Waals surface area contributed by atoms with E-state index in [-0.39, 0.29) is 5.91 Å². The highest BCUT2D eigenvalue weighted by molar-refractivity contribution is 7.16. The Labute approximate surface area is 167 Å². The topological polar surface area (TPSA) is 62.1 Å². The van der Waals surface area contributed by atoms with Gasteiger partial charge in [0.25, 0.3) is 5.91 Å². The van der Waals surface area contributed by atoms with E-state index in [0.717, 1.165) is 10.2 Å². The minimum Gasteiger partial charge on any atom is -0.482 e. The molecule has 0 saturated heterocycles. The highest BCUT2D eigenvalue weighted by Crippen LogP contribution is 2.33. The number of amides is 1. The lowest BCUT2D eigenvalue weighted by Crippen LogP contribution is -2.43. The first-order valence-corrected chi connectivity index (χ1v) is 9.98. The molecule has 2 aromatic carbocycles. The molecule has 2 heterocycles. The summed E-state index contributed by atoms with van der Waals surface area (Å²) >= 11 is 1.49. The Morgan fingerprint density at radius 2 is 1.96 bits per heavy atom. The van der Waals surface area contributed by atoms with Crippen LogP contribution >= 0.6 is 11.3 Å². The van der Waals surface area contributed by atoms with Gasteiger partial charge in [0.1, 0.15) is 6.10 Å². The Hall–Kier alpha value is -2.64. The first-order valence-electron chi connectivity index (χ1n) is 9.16. The number of rotatable bonds is 4. The number of benzene rings is 2. The van der Waals surface area contributed by atoms with Gasteiger partial charge in [0.2, 0.25) is 6.10 Å². The number of ether oxygens (including phenoxy) is 3. The van der Waals surface area contributed by atoms with Gasteiger partial charge < -0.3 is 18.8 Å². The lowest BCUT2D eigenvalue weighted by atomic mass is 10.1. The van der Waals surface area contributed by atoms with Crippen molar-refractivity contribution in [3.63, 3.8) is 0 Å². The van der Waals surface area contributed by atoms with Gasteiger partial charge in [-0.1, -0.05) is 29.5 Å². The smallest absolute Gasteiger partial charge is 0.293 e. The van der Waals surface area contributed by atoms with Gasteiger partial charge in [0, 0.05) is 13.7 Å². The fraction of sp³-hybridized carbons (Fsp3) is 0.333. The summed E-state index contributed by atoms with van der Waals surface area (Å²) in [6.45, 7) is 5.02. The van der Waals surface area contributed by atoms with Gasteiger partial charge in [-0.15, -0.1) is 0 Å². The SMILES string of the molecule is COCCn1c(=NC(=O)C2Oc3ccccc3OC2C)sc2cc(C)ccc21. The summed E-state index contributed by atoms with van der Waals surface area (Å²) in [5.41, 5.74) is 2.21. The second-order valence-corrected chi connectivity index (χ2v) is 7.77. The quantitative estimate of drug-likeness (QED) is 0.676. The minimum absolute atomic E-state index is 0.351. The molecule has 0 saturated carbocycles. The molecule has 1 aromatic heterocycles. The van der Waals surface area contributed by atoms with Gasteiger partial charge in [-0.2, -0.15) is 4.99 Å². The Kier molecular flexibility index (Phi) is 5.19. The summed E-state index contributed by atoms with van der Waals surface area (Å²) in [6, 6.07) is 13.6. The van der Waals surface area contributed by atoms with Crippen molar-refractivity contribution in [2.75, 3.05) is 13.7 Å². The van der Waals surface area contributed by atoms with Crippen molar-refractivity contribution >= 4 is 27.5 Å². The fourth-order valence-electron chi connectivity index (χ4n) is 3.21. The number of methoxy groups -OCH3 is 1. The van der Waals surface area contributed by atoms with Crippen LogP contribution < -0.4 is 14.3 Å². The summed E-state index contributed by atoms with van der Waals surface area (Å²) in [4.78, 5) is 18.0. The van der Waals surface area contributed by atoms with E-state index in [0.29, 0.717) is 29.5 Å². The van der Waals surface area contributed by atoms with E-state index in [1.807, 2.05) is 36.6 Å². The summed E-state index contributed by atoms with van der Waals surface area (Å²) in [5, 5.41) is 0. The van der Waals surface area contributed by atoms with Crippen LogP contribution in [0.15, 0.2) is 47.5 Å². The minimum atomic E-state index is -0.780. The summed E-state index contributed by atoms with van der Waals surface area (Å²) in [6.07, 6.45) is -1.20. The van der Waals surface area contributed by atoms with Gasteiger partial charge in [-0.25, -0.2) is 0 Å². The standard InChI is InChI=1S/C21H22N2O4S/c1-13-8-9-15-18(12-13)28-21(23(15)10-11-25-3)22-20(24)19-14(2)26-16-6-4-5-7-17(16)27-19/h4-9,12,14,19H,10-11H2,1-3H3. The molecule has 1 amide bonds. The van der Waals surface area contributed by atoms with Gasteiger partial charge in [0.15, 0.2) is 16.3 Å². The summed E-state index contributed by atoms with van der Waals surface area (Å²) in [7, 11) is 1.66. The maximum atomic E-state index is 12.9. The largest absolute Gasteiger partial charge is 0.482 e. The highest BCUT2D eigenvalue weighted by Gasteiger charge is 2.34. The van der Waals surface area contributed by atoms with E-state index in [1.165, 1.54) is 16.9 Å². The molecule has 6 nitrogen and oxygen atoms in total. The number of hydrogen-bond donors (Lipinski definition) is 0. The maximum Gasteiger partial charge on any atom is 0.293 e. The predicted octanol–water partition coefficient (Wildman–Crippen LogP) is 3.31. The first-order chi connectivity index (χ1) is 13.6. The molecule has 0 spiro atoms. The molecule has 1 aliphatic heterocycles. The van der Waals surface area contributed by atoms with Gasteiger partial charge in [-0.05, 0) is 43.7 Å². The monoisotopic (exact) mass is 398 g/mol. The number of fused-ring (bicyclic) bond motifs is 2. The molecule has 2 unspecified atom stereocenters. The van der Waals surface area contributed by atoms with Gasteiger partial charge in [-0.3, -0.25) is 4.79 Å². The molecule has 0 N–H and O–H groups in total. The number of carbonyl (C=O) groups excluding carboxylic acids is 1. The Morgan fingerprint density at radius 3 is 2.71 bits per heavy atom. The zero-order valence-electron chi connectivity index (χ0n) is 16.0. The number of hydrogen-bond acceptors (Lipinski definition) is 5. The third-order valence-electron chi connectivity index (χ3n) is 4.65. The molecule has 0 radical (unpaired) electrons. The molecule has 3 aromatic rings. The number of para-hydroxylation sites is 2. The van der Waals surface area contributed by atoms with Crippen molar-refractivity contribution in [3.05, 3.63) is 52.8 Å². The Morgan fingerprint density at radius 1 is 1.21 bits per heavy atom. The number of nitrogens with zero attached hydrogens (tertiary/aromatic N) is 2. The molecule has 0 bridgehead atoms. The average Bonchev–Trinajstić information content (AvgIpc) is 3.01. The van der Waals surface area contributed by atoms with Crippen LogP contribution in [0, 0.1) is 6.92 Å². The third kappa shape index (κ3) is 3.55. The van der Waals surface area contributed by atoms with E-state index in [4.69, 9.17) is 14.2 Å². The number of carbonyl (C=O) groups is 1. The average molecular weight is 398 g/mol. The molecule has 0 fully saturated rings. The normalized spacial score (nSPS) is 19.2. The second-order valence-electron chi connectivity index (χ2n) is 6.76. The van der Waals surface area contributed by atoms with E-state index in [9.17, 15) is 4.79 Å². The first kappa shape index (κ1) is 18.7. The van der Waals surface area contributed by atoms with Crippen LogP contribution in [0.5, 0.6) is 11.5 Å². The number of thiazole rings is 1. The van der Waals surface area contributed by atoms with Gasteiger partial charge >= 0.3 is 0 Å². The van der Waals surface area contributed by atoms with Crippen LogP contribution in [-0.2, 0) is 16.1 Å². The molecular weight excluding hydrogens is 376 g/mol. The third-order valence-corrected chi connectivity index (χ3v) is 5.69. The second kappa shape index (κ2) is 7.77. The molecular formula is C21H22N2O4S. The van der Waals surface area contributed by atoms with Crippen molar-refractivity contribution in [3.8, 4) is 11.5 Å². The van der Waals surface area contributed by atoms with E-state index in [2.05, 4.69) is 23.2 Å². The van der Waals surface area contributed by atoms with E-state index in [1.54, 1.807) is 13.2 Å². The van der Waals surface area contributed by atoms with Crippen LogP contribution in [0.3, 0.4) is 0 Å². The maximum absolute atomic E-state index is 12.9. The lowest BCUT2D eigenvalue weighted by molar-refractivity contribution is -0.130. The summed E-state index contributed by atoms with van der Waals surface area (Å²) < 4.78 is 20.1. The molecule has 7 heteroatoms. The fourth-order valence-corrected chi connectivity index (χ4v) is 4.37. The molecule has 4 rings (SSSR count). The van der Waals surface area contributed by atoms with Crippen LogP contribution in [0.4, 0.5) is 0 Å². The van der Waals surface area contributed by atoms with Gasteiger partial charge in [0.05, 0.1) is 16.8 Å². The molecule has 2 atom stereocenters. The van der Waals surface area contributed by atoms with Crippen molar-refractivity contribution in [2.24, 2.45) is 4.99 Å². The molecule has 28 heavy (non-hydrogen) atoms. The van der Waals surface area contributed by atoms with Crippen molar-refractivity contribution in [2.45, 2.75) is 32.6 Å². The zero-order valence-corrected chi connectivity index (χ0v) is 16.9. The molecule has 146 valence electrons. The zero-order chi connectivity index (χ0) is 19.7. The van der Waals surface area contributed by atoms with E-state index < -0.39 is 12.2 Å². The van der Waals surface area contributed by atoms with E-state index >= 15 is 0 Å². The highest BCUT2D eigenvalue weighted by atomic mass is 32.1. The number of aromatic nitrogens is 1. The Balaban J connectivity index is 1.71. The van der Waals surface area contributed by atoms with Crippen LogP contribution in [0.1, 0.15) is 12.5 Å². The van der Waals surface area contributed by atoms with Crippen LogP contribution in [0.2, 0.25) is 0 Å². The van der Waals surface area contributed by atoms with Crippen molar-refractivity contribution in [1.29, 1.82) is 0 Å². The molecule has 1 aliphatic rings. The van der Waals surface area contributed by atoms with Crippen molar-refractivity contribution < 1.29 is 19.0 Å². The molecule has 0 aliphatic carbocycles. The summed E-state index contributed by atoms with van der Waals surface area (Å²) in [5.74, 6) is 0.858. The lowest BCUT2D eigenvalue weighted by Gasteiger charge is -2.29.